The lowest BCUT2D eigenvalue weighted by Crippen LogP contribution is -2.53. The molecule has 3 nitrogen and oxygen atoms in total. The molecule has 0 amide bonds. The number of nitrogens with zero attached hydrogens (tertiary/aromatic N) is 2. The van der Waals surface area contributed by atoms with E-state index in [0.29, 0.717) is 0 Å². The average Bonchev–Trinajstić information content (AvgIpc) is 3.17. The third-order valence-electron chi connectivity index (χ3n) is 6.48. The fourth-order valence-electron chi connectivity index (χ4n) is 4.57. The molecule has 0 atom stereocenters. The van der Waals surface area contributed by atoms with Crippen molar-refractivity contribution >= 4 is 0 Å². The van der Waals surface area contributed by atoms with Crippen molar-refractivity contribution < 1.29 is 4.74 Å². The summed E-state index contributed by atoms with van der Waals surface area (Å²) < 4.78 is 6.01. The second-order valence-electron chi connectivity index (χ2n) is 9.63. The molecule has 1 saturated heterocycles. The number of aryl methyl sites for hydroxylation is 2. The number of hydrogen-bond acceptors (Lipinski definition) is 3. The van der Waals surface area contributed by atoms with Gasteiger partial charge in [0.05, 0.1) is 6.61 Å². The number of hydrogen-bond donors (Lipinski definition) is 0. The van der Waals surface area contributed by atoms with Gasteiger partial charge in [-0.05, 0) is 74.4 Å². The van der Waals surface area contributed by atoms with E-state index in [4.69, 9.17) is 4.74 Å². The van der Waals surface area contributed by atoms with Gasteiger partial charge in [-0.1, -0.05) is 30.3 Å². The van der Waals surface area contributed by atoms with E-state index in [-0.39, 0.29) is 5.54 Å². The summed E-state index contributed by atoms with van der Waals surface area (Å²) in [4.78, 5) is 5.17. The highest BCUT2D eigenvalue weighted by Crippen LogP contribution is 2.26. The minimum Gasteiger partial charge on any atom is -0.493 e. The van der Waals surface area contributed by atoms with Gasteiger partial charge in [-0.15, -0.1) is 0 Å². The van der Waals surface area contributed by atoms with Gasteiger partial charge in [0.25, 0.3) is 0 Å². The number of ether oxygens (including phenoxy) is 1. The normalized spacial score (nSPS) is 18.0. The van der Waals surface area contributed by atoms with Crippen molar-refractivity contribution in [3.63, 3.8) is 0 Å². The lowest BCUT2D eigenvalue weighted by atomic mass is 10.0. The predicted octanol–water partition coefficient (Wildman–Crippen LogP) is 4.71. The fourth-order valence-corrected chi connectivity index (χ4v) is 4.57. The van der Waals surface area contributed by atoms with Crippen LogP contribution in [-0.2, 0) is 25.8 Å². The maximum Gasteiger partial charge on any atom is 0.119 e. The molecule has 1 heterocycles. The van der Waals surface area contributed by atoms with Gasteiger partial charge in [0.2, 0.25) is 0 Å². The molecule has 0 spiro atoms. The molecule has 0 bridgehead atoms. The highest BCUT2D eigenvalue weighted by molar-refractivity contribution is 5.38. The van der Waals surface area contributed by atoms with Crippen LogP contribution < -0.4 is 4.74 Å². The Morgan fingerprint density at radius 2 is 1.52 bits per heavy atom. The molecular weight excluding hydrogens is 356 g/mol. The summed E-state index contributed by atoms with van der Waals surface area (Å²) in [6.45, 7) is 13.4. The van der Waals surface area contributed by atoms with Crippen LogP contribution in [0.4, 0.5) is 0 Å². The van der Waals surface area contributed by atoms with Crippen LogP contribution in [-0.4, -0.2) is 48.1 Å². The van der Waals surface area contributed by atoms with Crippen LogP contribution >= 0.6 is 0 Å². The molecule has 4 rings (SSSR count). The van der Waals surface area contributed by atoms with Crippen LogP contribution in [0.15, 0.2) is 42.5 Å². The van der Waals surface area contributed by atoms with E-state index in [1.807, 2.05) is 0 Å². The van der Waals surface area contributed by atoms with Gasteiger partial charge in [-0.25, -0.2) is 0 Å². The van der Waals surface area contributed by atoms with E-state index in [1.54, 1.807) is 0 Å². The van der Waals surface area contributed by atoms with Crippen LogP contribution in [0.25, 0.3) is 0 Å². The Balaban J connectivity index is 1.21. The molecule has 2 aliphatic rings. The third kappa shape index (κ3) is 5.40. The largest absolute Gasteiger partial charge is 0.493 e. The van der Waals surface area contributed by atoms with E-state index in [0.717, 1.165) is 38.4 Å². The molecule has 2 aromatic rings. The Kier molecular flexibility index (Phi) is 6.26. The lowest BCUT2D eigenvalue weighted by molar-refractivity contribution is 0.0591. The lowest BCUT2D eigenvalue weighted by Gasteiger charge is -2.42. The van der Waals surface area contributed by atoms with Crippen LogP contribution in [0.5, 0.6) is 5.75 Å². The van der Waals surface area contributed by atoms with E-state index >= 15 is 0 Å². The molecule has 0 unspecified atom stereocenters. The topological polar surface area (TPSA) is 15.7 Å². The molecule has 156 valence electrons. The minimum atomic E-state index is 0.287. The van der Waals surface area contributed by atoms with Crippen LogP contribution in [0.2, 0.25) is 0 Å². The number of piperazine rings is 1. The summed E-state index contributed by atoms with van der Waals surface area (Å²) >= 11 is 0. The highest BCUT2D eigenvalue weighted by Gasteiger charge is 2.25. The molecule has 3 heteroatoms. The van der Waals surface area contributed by atoms with Gasteiger partial charge < -0.3 is 4.74 Å². The molecule has 2 aromatic carbocycles. The van der Waals surface area contributed by atoms with E-state index in [2.05, 4.69) is 73.0 Å². The summed E-state index contributed by atoms with van der Waals surface area (Å²) in [5, 5.41) is 0. The van der Waals surface area contributed by atoms with Crippen molar-refractivity contribution in [3.05, 3.63) is 64.7 Å². The highest BCUT2D eigenvalue weighted by atomic mass is 16.5. The van der Waals surface area contributed by atoms with Gasteiger partial charge in [0.15, 0.2) is 0 Å². The monoisotopic (exact) mass is 392 g/mol. The maximum absolute atomic E-state index is 6.01. The summed E-state index contributed by atoms with van der Waals surface area (Å²) in [7, 11) is 0. The fraction of sp³-hybridized carbons (Fsp3) is 0.538. The first-order valence-electron chi connectivity index (χ1n) is 11.3. The smallest absolute Gasteiger partial charge is 0.119 e. The van der Waals surface area contributed by atoms with E-state index < -0.39 is 0 Å². The predicted molar refractivity (Wildman–Crippen MR) is 121 cm³/mol. The van der Waals surface area contributed by atoms with Gasteiger partial charge >= 0.3 is 0 Å². The molecule has 1 fully saturated rings. The zero-order valence-corrected chi connectivity index (χ0v) is 18.4. The van der Waals surface area contributed by atoms with Gasteiger partial charge in [0.1, 0.15) is 5.75 Å². The molecule has 0 aromatic heterocycles. The second kappa shape index (κ2) is 8.89. The van der Waals surface area contributed by atoms with E-state index in [1.165, 1.54) is 54.6 Å². The Bertz CT molecular complexity index is 798. The molecule has 29 heavy (non-hydrogen) atoms. The number of fused-ring (bicyclic) bond motifs is 1. The molecule has 0 saturated carbocycles. The Labute approximate surface area is 176 Å². The molecule has 0 N–H and O–H groups in total. The standard InChI is InChI=1S/C26H36N2O/c1-26(2,3)28-16-14-27(15-17-28)20-22-9-7-21(8-10-22)13-18-29-25-12-11-23-5-4-6-24(23)19-25/h7-12,19H,4-6,13-18,20H2,1-3H3. The molecular formula is C26H36N2O. The Morgan fingerprint density at radius 3 is 2.24 bits per heavy atom. The first-order chi connectivity index (χ1) is 14.0. The molecule has 1 aliphatic heterocycles. The van der Waals surface area contributed by atoms with Crippen molar-refractivity contribution in [2.45, 2.75) is 58.5 Å². The van der Waals surface area contributed by atoms with Crippen molar-refractivity contribution in [1.29, 1.82) is 0 Å². The van der Waals surface area contributed by atoms with Gasteiger partial charge in [0, 0.05) is 44.7 Å². The van der Waals surface area contributed by atoms with Crippen LogP contribution in [0, 0.1) is 0 Å². The van der Waals surface area contributed by atoms with Crippen molar-refractivity contribution in [2.24, 2.45) is 0 Å². The third-order valence-corrected chi connectivity index (χ3v) is 6.48. The zero-order valence-electron chi connectivity index (χ0n) is 18.4. The first kappa shape index (κ1) is 20.4. The molecule has 0 radical (unpaired) electrons. The average molecular weight is 393 g/mol. The summed E-state index contributed by atoms with van der Waals surface area (Å²) in [5.74, 6) is 1.02. The molecule has 1 aliphatic carbocycles. The maximum atomic E-state index is 6.01. The van der Waals surface area contributed by atoms with Gasteiger partial charge in [-0.2, -0.15) is 0 Å². The summed E-state index contributed by atoms with van der Waals surface area (Å²) in [6.07, 6.45) is 4.69. The zero-order chi connectivity index (χ0) is 20.3. The Hall–Kier alpha value is -1.84. The van der Waals surface area contributed by atoms with E-state index in [9.17, 15) is 0 Å². The first-order valence-corrected chi connectivity index (χ1v) is 11.3. The number of benzene rings is 2. The summed E-state index contributed by atoms with van der Waals surface area (Å²) in [5.41, 5.74) is 6.04. The van der Waals surface area contributed by atoms with Crippen molar-refractivity contribution in [2.75, 3.05) is 32.8 Å². The Morgan fingerprint density at radius 1 is 0.828 bits per heavy atom. The van der Waals surface area contributed by atoms with Crippen molar-refractivity contribution in [3.8, 4) is 5.75 Å². The van der Waals surface area contributed by atoms with Crippen molar-refractivity contribution in [1.82, 2.24) is 9.80 Å². The quantitative estimate of drug-likeness (QED) is 0.708. The van der Waals surface area contributed by atoms with Crippen LogP contribution in [0.3, 0.4) is 0 Å². The second-order valence-corrected chi connectivity index (χ2v) is 9.63. The summed E-state index contributed by atoms with van der Waals surface area (Å²) in [6, 6.07) is 15.7. The number of rotatable bonds is 6. The SMILES string of the molecule is CC(C)(C)N1CCN(Cc2ccc(CCOc3ccc4c(c3)CCC4)cc2)CC1. The van der Waals surface area contributed by atoms with Crippen LogP contribution in [0.1, 0.15) is 49.4 Å². The minimum absolute atomic E-state index is 0.287. The van der Waals surface area contributed by atoms with Gasteiger partial charge in [-0.3, -0.25) is 9.80 Å².